The third-order valence-electron chi connectivity index (χ3n) is 4.98. The van der Waals surface area contributed by atoms with Crippen LogP contribution in [0.25, 0.3) is 21.9 Å². The van der Waals surface area contributed by atoms with Crippen molar-refractivity contribution >= 4 is 49.7 Å². The van der Waals surface area contributed by atoms with Gasteiger partial charge in [0.2, 0.25) is 10.0 Å². The standard InChI is InChI=1S/C21H24N2O7S/c1-5-23(21(26)29-4)13-6-8-15-16-9-7-14(11-18(16)30-17(15)10-13)31(27,28)22-19(12(2)3)20(24)25/h6-12,19,22H,5H2,1-4H3,(H,24,25). The average Bonchev–Trinajstić information content (AvgIpc) is 3.09. The Morgan fingerprint density at radius 2 is 1.74 bits per heavy atom. The van der Waals surface area contributed by atoms with Gasteiger partial charge in [0, 0.05) is 29.4 Å². The smallest absolute Gasteiger partial charge is 0.413 e. The van der Waals surface area contributed by atoms with Gasteiger partial charge in [-0.1, -0.05) is 13.8 Å². The zero-order chi connectivity index (χ0) is 22.9. The highest BCUT2D eigenvalue weighted by Crippen LogP contribution is 2.33. The number of hydrogen-bond donors (Lipinski definition) is 2. The summed E-state index contributed by atoms with van der Waals surface area (Å²) >= 11 is 0. The van der Waals surface area contributed by atoms with Crippen LogP contribution in [0.1, 0.15) is 20.8 Å². The van der Waals surface area contributed by atoms with Crippen LogP contribution in [0.5, 0.6) is 0 Å². The number of methoxy groups -OCH3 is 1. The molecule has 0 aliphatic rings. The van der Waals surface area contributed by atoms with E-state index in [1.807, 2.05) is 6.92 Å². The van der Waals surface area contributed by atoms with Crippen molar-refractivity contribution in [1.29, 1.82) is 0 Å². The molecule has 1 amide bonds. The molecule has 0 bridgehead atoms. The highest BCUT2D eigenvalue weighted by molar-refractivity contribution is 7.89. The molecule has 0 spiro atoms. The molecule has 1 atom stereocenters. The summed E-state index contributed by atoms with van der Waals surface area (Å²) in [4.78, 5) is 24.7. The van der Waals surface area contributed by atoms with E-state index in [9.17, 15) is 23.1 Å². The molecular formula is C21H24N2O7S. The normalized spacial score (nSPS) is 12.9. The number of fused-ring (bicyclic) bond motifs is 3. The highest BCUT2D eigenvalue weighted by atomic mass is 32.2. The summed E-state index contributed by atoms with van der Waals surface area (Å²) in [5.41, 5.74) is 1.38. The van der Waals surface area contributed by atoms with E-state index in [1.54, 1.807) is 38.1 Å². The predicted octanol–water partition coefficient (Wildman–Crippen LogP) is 3.57. The molecule has 0 aliphatic carbocycles. The number of ether oxygens (including phenoxy) is 1. The number of rotatable bonds is 7. The van der Waals surface area contributed by atoms with Gasteiger partial charge >= 0.3 is 12.1 Å². The fourth-order valence-electron chi connectivity index (χ4n) is 3.32. The van der Waals surface area contributed by atoms with Gasteiger partial charge in [0.25, 0.3) is 0 Å². The third kappa shape index (κ3) is 4.35. The zero-order valence-electron chi connectivity index (χ0n) is 17.6. The minimum absolute atomic E-state index is 0.101. The second-order valence-corrected chi connectivity index (χ2v) is 9.05. The minimum Gasteiger partial charge on any atom is -0.480 e. The zero-order valence-corrected chi connectivity index (χ0v) is 18.4. The van der Waals surface area contributed by atoms with Crippen LogP contribution in [0.4, 0.5) is 10.5 Å². The molecule has 0 fully saturated rings. The molecule has 0 aliphatic heterocycles. The number of benzene rings is 2. The third-order valence-corrected chi connectivity index (χ3v) is 6.42. The molecule has 0 radical (unpaired) electrons. The van der Waals surface area contributed by atoms with Crippen molar-refractivity contribution in [1.82, 2.24) is 4.72 Å². The maximum absolute atomic E-state index is 12.7. The van der Waals surface area contributed by atoms with Crippen LogP contribution >= 0.6 is 0 Å². The number of anilines is 1. The Balaban J connectivity index is 2.03. The number of furan rings is 1. The maximum atomic E-state index is 12.7. The van der Waals surface area contributed by atoms with Gasteiger partial charge in [0.15, 0.2) is 0 Å². The topological polar surface area (TPSA) is 126 Å². The number of nitrogens with zero attached hydrogens (tertiary/aromatic N) is 1. The van der Waals surface area contributed by atoms with Gasteiger partial charge in [-0.25, -0.2) is 13.2 Å². The average molecular weight is 448 g/mol. The monoisotopic (exact) mass is 448 g/mol. The van der Waals surface area contributed by atoms with Crippen LogP contribution in [0, 0.1) is 5.92 Å². The molecule has 0 saturated carbocycles. The molecule has 166 valence electrons. The van der Waals surface area contributed by atoms with Crippen LogP contribution in [0.2, 0.25) is 0 Å². The van der Waals surface area contributed by atoms with Crippen LogP contribution < -0.4 is 9.62 Å². The van der Waals surface area contributed by atoms with Crippen LogP contribution in [-0.2, 0) is 19.6 Å². The Bertz CT molecular complexity index is 1250. The SMILES string of the molecule is CCN(C(=O)OC)c1ccc2c(c1)oc1cc(S(=O)(=O)NC(C(=O)O)C(C)C)ccc12. The van der Waals surface area contributed by atoms with E-state index in [1.165, 1.54) is 24.1 Å². The first-order valence-electron chi connectivity index (χ1n) is 9.66. The van der Waals surface area contributed by atoms with Crippen LogP contribution in [0.3, 0.4) is 0 Å². The largest absolute Gasteiger partial charge is 0.480 e. The van der Waals surface area contributed by atoms with Crippen molar-refractivity contribution < 1.29 is 32.3 Å². The lowest BCUT2D eigenvalue weighted by molar-refractivity contribution is -0.140. The molecule has 2 N–H and O–H groups in total. The summed E-state index contributed by atoms with van der Waals surface area (Å²) in [6.45, 7) is 5.45. The summed E-state index contributed by atoms with van der Waals surface area (Å²) in [5.74, 6) is -1.68. The summed E-state index contributed by atoms with van der Waals surface area (Å²) < 4.78 is 38.3. The van der Waals surface area contributed by atoms with E-state index >= 15 is 0 Å². The van der Waals surface area contributed by atoms with Crippen molar-refractivity contribution in [3.63, 3.8) is 0 Å². The quantitative estimate of drug-likeness (QED) is 0.566. The van der Waals surface area contributed by atoms with Crippen molar-refractivity contribution in [3.8, 4) is 0 Å². The van der Waals surface area contributed by atoms with Gasteiger partial charge in [-0.3, -0.25) is 9.69 Å². The Morgan fingerprint density at radius 3 is 2.29 bits per heavy atom. The number of aliphatic carboxylic acids is 1. The van der Waals surface area contributed by atoms with E-state index in [2.05, 4.69) is 4.72 Å². The second-order valence-electron chi connectivity index (χ2n) is 7.34. The van der Waals surface area contributed by atoms with Gasteiger partial charge in [0.1, 0.15) is 17.2 Å². The summed E-state index contributed by atoms with van der Waals surface area (Å²) in [6, 6.07) is 8.34. The molecule has 1 unspecified atom stereocenters. The van der Waals surface area contributed by atoms with Gasteiger partial charge in [0.05, 0.1) is 17.7 Å². The first-order chi connectivity index (χ1) is 14.6. The van der Waals surface area contributed by atoms with Gasteiger partial charge in [-0.05, 0) is 37.1 Å². The fraction of sp³-hybridized carbons (Fsp3) is 0.333. The highest BCUT2D eigenvalue weighted by Gasteiger charge is 2.28. The first kappa shape index (κ1) is 22.6. The number of carboxylic acids is 1. The van der Waals surface area contributed by atoms with Crippen LogP contribution in [-0.4, -0.2) is 45.3 Å². The number of carboxylic acid groups (broad SMARTS) is 1. The van der Waals surface area contributed by atoms with Gasteiger partial charge in [-0.2, -0.15) is 4.72 Å². The Hall–Kier alpha value is -3.11. The molecule has 10 heteroatoms. The number of amides is 1. The molecule has 0 saturated heterocycles. The first-order valence-corrected chi connectivity index (χ1v) is 11.1. The molecule has 1 aromatic heterocycles. The molecule has 9 nitrogen and oxygen atoms in total. The lowest BCUT2D eigenvalue weighted by Gasteiger charge is -2.18. The number of carbonyl (C=O) groups is 2. The molecular weight excluding hydrogens is 424 g/mol. The molecule has 31 heavy (non-hydrogen) atoms. The van der Waals surface area contributed by atoms with Crippen molar-refractivity contribution in [2.24, 2.45) is 5.92 Å². The lowest BCUT2D eigenvalue weighted by atomic mass is 10.1. The van der Waals surface area contributed by atoms with Crippen molar-refractivity contribution in [3.05, 3.63) is 36.4 Å². The van der Waals surface area contributed by atoms with Crippen LogP contribution in [0.15, 0.2) is 45.7 Å². The van der Waals surface area contributed by atoms with E-state index in [0.717, 1.165) is 5.39 Å². The van der Waals surface area contributed by atoms with E-state index in [4.69, 9.17) is 9.15 Å². The molecule has 3 aromatic rings. The van der Waals surface area contributed by atoms with E-state index in [-0.39, 0.29) is 4.90 Å². The molecule has 1 heterocycles. The lowest BCUT2D eigenvalue weighted by Crippen LogP contribution is -2.44. The van der Waals surface area contributed by atoms with Crippen molar-refractivity contribution in [2.45, 2.75) is 31.7 Å². The second kappa shape index (κ2) is 8.56. The minimum atomic E-state index is -4.08. The summed E-state index contributed by atoms with van der Waals surface area (Å²) in [6.07, 6.45) is -0.504. The van der Waals surface area contributed by atoms with Crippen molar-refractivity contribution in [2.75, 3.05) is 18.6 Å². The molecule has 3 rings (SSSR count). The van der Waals surface area contributed by atoms with E-state index in [0.29, 0.717) is 28.8 Å². The summed E-state index contributed by atoms with van der Waals surface area (Å²) in [7, 11) is -2.78. The fourth-order valence-corrected chi connectivity index (χ4v) is 4.67. The Morgan fingerprint density at radius 1 is 1.13 bits per heavy atom. The van der Waals surface area contributed by atoms with Gasteiger partial charge in [-0.15, -0.1) is 0 Å². The Kier molecular flexibility index (Phi) is 6.23. The van der Waals surface area contributed by atoms with Gasteiger partial charge < -0.3 is 14.3 Å². The summed E-state index contributed by atoms with van der Waals surface area (Å²) in [5, 5.41) is 10.7. The predicted molar refractivity (Wildman–Crippen MR) is 116 cm³/mol. The number of hydrogen-bond acceptors (Lipinski definition) is 6. The number of sulfonamides is 1. The van der Waals surface area contributed by atoms with E-state index < -0.39 is 34.0 Å². The number of carbonyl (C=O) groups excluding carboxylic acids is 1. The number of nitrogens with one attached hydrogen (secondary N) is 1. The maximum Gasteiger partial charge on any atom is 0.413 e. The molecule has 2 aromatic carbocycles. The Labute approximate surface area is 179 Å².